The highest BCUT2D eigenvalue weighted by molar-refractivity contribution is 5.69. The van der Waals surface area contributed by atoms with E-state index in [1.807, 2.05) is 0 Å². The SMILES string of the molecule is O=C(O)CN(C1CCCC1)C1CCOC2(CCCC2)C1. The van der Waals surface area contributed by atoms with E-state index >= 15 is 0 Å². The van der Waals surface area contributed by atoms with Gasteiger partial charge in [0.1, 0.15) is 0 Å². The topological polar surface area (TPSA) is 49.8 Å². The van der Waals surface area contributed by atoms with Crippen LogP contribution in [0, 0.1) is 0 Å². The van der Waals surface area contributed by atoms with E-state index < -0.39 is 5.97 Å². The smallest absolute Gasteiger partial charge is 0.317 e. The average Bonchev–Trinajstić information content (AvgIpc) is 3.08. The minimum atomic E-state index is -0.677. The van der Waals surface area contributed by atoms with Crippen molar-refractivity contribution in [2.75, 3.05) is 13.2 Å². The van der Waals surface area contributed by atoms with E-state index in [4.69, 9.17) is 4.74 Å². The number of carboxylic acid groups (broad SMARTS) is 1. The molecule has 1 heterocycles. The van der Waals surface area contributed by atoms with Gasteiger partial charge in [0.05, 0.1) is 12.1 Å². The van der Waals surface area contributed by atoms with Gasteiger partial charge >= 0.3 is 5.97 Å². The number of hydrogen-bond acceptors (Lipinski definition) is 3. The minimum Gasteiger partial charge on any atom is -0.480 e. The first-order valence-electron chi connectivity index (χ1n) is 8.30. The molecule has 0 aromatic rings. The van der Waals surface area contributed by atoms with E-state index in [9.17, 15) is 9.90 Å². The van der Waals surface area contributed by atoms with Crippen molar-refractivity contribution >= 4 is 5.97 Å². The van der Waals surface area contributed by atoms with Crippen LogP contribution in [0.25, 0.3) is 0 Å². The van der Waals surface area contributed by atoms with Crippen LogP contribution in [0.1, 0.15) is 64.2 Å². The molecule has 1 saturated heterocycles. The van der Waals surface area contributed by atoms with Gasteiger partial charge in [-0.1, -0.05) is 25.7 Å². The quantitative estimate of drug-likeness (QED) is 0.861. The fraction of sp³-hybridized carbons (Fsp3) is 0.938. The maximum atomic E-state index is 11.2. The van der Waals surface area contributed by atoms with Gasteiger partial charge in [-0.3, -0.25) is 9.69 Å². The lowest BCUT2D eigenvalue weighted by atomic mass is 9.87. The molecule has 4 nitrogen and oxygen atoms in total. The van der Waals surface area contributed by atoms with E-state index in [0.29, 0.717) is 12.1 Å². The van der Waals surface area contributed by atoms with E-state index in [1.165, 1.54) is 51.4 Å². The minimum absolute atomic E-state index is 0.0816. The van der Waals surface area contributed by atoms with Crippen LogP contribution >= 0.6 is 0 Å². The standard InChI is InChI=1S/C16H27NO3/c18-15(19)12-17(13-5-1-2-6-13)14-7-10-20-16(11-14)8-3-4-9-16/h13-14H,1-12H2,(H,18,19). The highest BCUT2D eigenvalue weighted by Gasteiger charge is 2.43. The Labute approximate surface area is 121 Å². The highest BCUT2D eigenvalue weighted by Crippen LogP contribution is 2.42. The Morgan fingerprint density at radius 2 is 1.80 bits per heavy atom. The Balaban J connectivity index is 1.70. The van der Waals surface area contributed by atoms with Crippen molar-refractivity contribution in [2.45, 2.75) is 81.9 Å². The number of ether oxygens (including phenoxy) is 1. The summed E-state index contributed by atoms with van der Waals surface area (Å²) in [5.74, 6) is -0.677. The lowest BCUT2D eigenvalue weighted by Gasteiger charge is -2.44. The molecule has 0 radical (unpaired) electrons. The summed E-state index contributed by atoms with van der Waals surface area (Å²) in [6, 6.07) is 0.911. The van der Waals surface area contributed by atoms with Gasteiger partial charge in [0.2, 0.25) is 0 Å². The third-order valence-corrected chi connectivity index (χ3v) is 5.56. The first kappa shape index (κ1) is 14.3. The van der Waals surface area contributed by atoms with Gasteiger partial charge in [-0.2, -0.15) is 0 Å². The van der Waals surface area contributed by atoms with Crippen LogP contribution in [0.3, 0.4) is 0 Å². The summed E-state index contributed by atoms with van der Waals surface area (Å²) >= 11 is 0. The zero-order valence-electron chi connectivity index (χ0n) is 12.4. The number of rotatable bonds is 4. The number of carbonyl (C=O) groups is 1. The van der Waals surface area contributed by atoms with Gasteiger partial charge in [0, 0.05) is 18.7 Å². The molecule has 0 aromatic heterocycles. The predicted octanol–water partition coefficient (Wildman–Crippen LogP) is 2.81. The van der Waals surface area contributed by atoms with Gasteiger partial charge in [-0.25, -0.2) is 0 Å². The Kier molecular flexibility index (Phi) is 4.32. The molecule has 20 heavy (non-hydrogen) atoms. The molecule has 0 bridgehead atoms. The van der Waals surface area contributed by atoms with Crippen molar-refractivity contribution in [3.8, 4) is 0 Å². The fourth-order valence-electron chi connectivity index (χ4n) is 4.60. The molecule has 2 aliphatic carbocycles. The maximum Gasteiger partial charge on any atom is 0.317 e. The summed E-state index contributed by atoms with van der Waals surface area (Å²) in [5, 5.41) is 9.26. The van der Waals surface area contributed by atoms with E-state index in [1.54, 1.807) is 0 Å². The highest BCUT2D eigenvalue weighted by atomic mass is 16.5. The van der Waals surface area contributed by atoms with Crippen LogP contribution in [0.2, 0.25) is 0 Å². The molecule has 2 saturated carbocycles. The summed E-state index contributed by atoms with van der Waals surface area (Å²) in [6.07, 6.45) is 11.8. The number of nitrogens with zero attached hydrogens (tertiary/aromatic N) is 1. The molecule has 3 rings (SSSR count). The Morgan fingerprint density at radius 1 is 1.10 bits per heavy atom. The predicted molar refractivity (Wildman–Crippen MR) is 76.8 cm³/mol. The van der Waals surface area contributed by atoms with Crippen LogP contribution in [-0.4, -0.2) is 46.8 Å². The van der Waals surface area contributed by atoms with Gasteiger partial charge < -0.3 is 9.84 Å². The van der Waals surface area contributed by atoms with Crippen LogP contribution in [0.15, 0.2) is 0 Å². The molecule has 1 unspecified atom stereocenters. The van der Waals surface area contributed by atoms with Crippen LogP contribution in [0.5, 0.6) is 0 Å². The summed E-state index contributed by atoms with van der Waals surface area (Å²) in [4.78, 5) is 13.6. The van der Waals surface area contributed by atoms with Crippen molar-refractivity contribution in [1.29, 1.82) is 0 Å². The van der Waals surface area contributed by atoms with Crippen molar-refractivity contribution in [3.05, 3.63) is 0 Å². The number of hydrogen-bond donors (Lipinski definition) is 1. The molecule has 3 aliphatic rings. The third-order valence-electron chi connectivity index (χ3n) is 5.56. The Bertz CT molecular complexity index is 346. The van der Waals surface area contributed by atoms with Crippen LogP contribution in [-0.2, 0) is 9.53 Å². The van der Waals surface area contributed by atoms with Gasteiger partial charge in [-0.05, 0) is 38.5 Å². The van der Waals surface area contributed by atoms with Crippen LogP contribution < -0.4 is 0 Å². The first-order chi connectivity index (χ1) is 9.69. The third kappa shape index (κ3) is 3.01. The maximum absolute atomic E-state index is 11.2. The molecule has 1 N–H and O–H groups in total. The van der Waals surface area contributed by atoms with E-state index in [0.717, 1.165) is 19.4 Å². The van der Waals surface area contributed by atoms with Gasteiger partial charge in [0.15, 0.2) is 0 Å². The molecule has 0 aromatic carbocycles. The van der Waals surface area contributed by atoms with Crippen LogP contribution in [0.4, 0.5) is 0 Å². The molecule has 1 aliphatic heterocycles. The molecule has 3 fully saturated rings. The molecular formula is C16H27NO3. The van der Waals surface area contributed by atoms with Crippen molar-refractivity contribution in [3.63, 3.8) is 0 Å². The Hall–Kier alpha value is -0.610. The second-order valence-electron chi connectivity index (χ2n) is 6.89. The normalized spacial score (nSPS) is 30.4. The van der Waals surface area contributed by atoms with Crippen molar-refractivity contribution in [2.24, 2.45) is 0 Å². The lowest BCUT2D eigenvalue weighted by Crippen LogP contribution is -2.52. The molecule has 1 atom stereocenters. The molecule has 4 heteroatoms. The van der Waals surface area contributed by atoms with Crippen molar-refractivity contribution in [1.82, 2.24) is 4.90 Å². The van der Waals surface area contributed by atoms with E-state index in [2.05, 4.69) is 4.90 Å². The number of carboxylic acids is 1. The first-order valence-corrected chi connectivity index (χ1v) is 8.30. The zero-order chi connectivity index (χ0) is 14.0. The van der Waals surface area contributed by atoms with E-state index in [-0.39, 0.29) is 12.1 Å². The lowest BCUT2D eigenvalue weighted by molar-refractivity contribution is -0.143. The summed E-state index contributed by atoms with van der Waals surface area (Å²) in [6.45, 7) is 1.03. The van der Waals surface area contributed by atoms with Gasteiger partial charge in [-0.15, -0.1) is 0 Å². The fourth-order valence-corrected chi connectivity index (χ4v) is 4.60. The Morgan fingerprint density at radius 3 is 2.45 bits per heavy atom. The van der Waals surface area contributed by atoms with Gasteiger partial charge in [0.25, 0.3) is 0 Å². The molecule has 0 amide bonds. The average molecular weight is 281 g/mol. The zero-order valence-corrected chi connectivity index (χ0v) is 12.4. The second kappa shape index (κ2) is 6.02. The summed E-state index contributed by atoms with van der Waals surface area (Å²) in [7, 11) is 0. The molecule has 1 spiro atoms. The monoisotopic (exact) mass is 281 g/mol. The molecular weight excluding hydrogens is 254 g/mol. The number of aliphatic carboxylic acids is 1. The van der Waals surface area contributed by atoms with Crippen molar-refractivity contribution < 1.29 is 14.6 Å². The largest absolute Gasteiger partial charge is 0.480 e. The molecule has 114 valence electrons. The summed E-state index contributed by atoms with van der Waals surface area (Å²) < 4.78 is 6.10. The summed E-state index contributed by atoms with van der Waals surface area (Å²) in [5.41, 5.74) is 0.0816. The second-order valence-corrected chi connectivity index (χ2v) is 6.89.